The predicted molar refractivity (Wildman–Crippen MR) is 58.1 cm³/mol. The number of alkyl halides is 3. The van der Waals surface area contributed by atoms with E-state index in [0.717, 1.165) is 0 Å². The van der Waals surface area contributed by atoms with Gasteiger partial charge >= 0.3 is 12.1 Å². The highest BCUT2D eigenvalue weighted by Gasteiger charge is 2.26. The number of benzene rings is 1. The van der Waals surface area contributed by atoms with Crippen LogP contribution in [0.4, 0.5) is 13.2 Å². The number of esters is 1. The number of carbonyl (C=O) groups is 1. The molecule has 0 amide bonds. The number of carbonyl (C=O) groups excluding carboxylic acids is 1. The molecule has 0 N–H and O–H groups in total. The summed E-state index contributed by atoms with van der Waals surface area (Å²) < 4.78 is 45.1. The SMILES string of the molecule is COC(=O)c1ccccc1COCCC(F)(F)F. The average Bonchev–Trinajstić information content (AvgIpc) is 2.33. The van der Waals surface area contributed by atoms with Crippen LogP contribution in [-0.2, 0) is 16.1 Å². The third kappa shape index (κ3) is 4.75. The van der Waals surface area contributed by atoms with Crippen LogP contribution in [0.25, 0.3) is 0 Å². The van der Waals surface area contributed by atoms with Gasteiger partial charge in [0.15, 0.2) is 0 Å². The van der Waals surface area contributed by atoms with E-state index in [1.165, 1.54) is 13.2 Å². The van der Waals surface area contributed by atoms with Crippen LogP contribution in [-0.4, -0.2) is 25.9 Å². The molecular weight excluding hydrogens is 249 g/mol. The van der Waals surface area contributed by atoms with E-state index in [2.05, 4.69) is 4.74 Å². The largest absolute Gasteiger partial charge is 0.465 e. The fourth-order valence-electron chi connectivity index (χ4n) is 1.33. The van der Waals surface area contributed by atoms with E-state index in [1.807, 2.05) is 0 Å². The fourth-order valence-corrected chi connectivity index (χ4v) is 1.33. The first kappa shape index (κ1) is 14.5. The van der Waals surface area contributed by atoms with Crippen molar-refractivity contribution in [2.75, 3.05) is 13.7 Å². The molecule has 0 fully saturated rings. The molecular formula is C12H13F3O3. The van der Waals surface area contributed by atoms with Gasteiger partial charge in [-0.2, -0.15) is 13.2 Å². The molecule has 0 saturated heterocycles. The van der Waals surface area contributed by atoms with E-state index >= 15 is 0 Å². The molecule has 0 saturated carbocycles. The maximum absolute atomic E-state index is 11.9. The molecule has 18 heavy (non-hydrogen) atoms. The van der Waals surface area contributed by atoms with Crippen molar-refractivity contribution < 1.29 is 27.4 Å². The molecule has 1 rings (SSSR count). The summed E-state index contributed by atoms with van der Waals surface area (Å²) in [4.78, 5) is 11.4. The van der Waals surface area contributed by atoms with Crippen molar-refractivity contribution in [2.24, 2.45) is 0 Å². The van der Waals surface area contributed by atoms with Gasteiger partial charge in [-0.15, -0.1) is 0 Å². The summed E-state index contributed by atoms with van der Waals surface area (Å²) in [5.41, 5.74) is 0.804. The Kier molecular flexibility index (Phi) is 5.15. The Hall–Kier alpha value is -1.56. The highest BCUT2D eigenvalue weighted by atomic mass is 19.4. The quantitative estimate of drug-likeness (QED) is 0.604. The molecule has 0 bridgehead atoms. The first-order valence-electron chi connectivity index (χ1n) is 5.25. The molecule has 0 aromatic heterocycles. The number of hydrogen-bond donors (Lipinski definition) is 0. The van der Waals surface area contributed by atoms with Crippen molar-refractivity contribution in [1.29, 1.82) is 0 Å². The molecule has 100 valence electrons. The van der Waals surface area contributed by atoms with E-state index in [0.29, 0.717) is 11.1 Å². The zero-order chi connectivity index (χ0) is 13.6. The Morgan fingerprint density at radius 2 is 1.94 bits per heavy atom. The van der Waals surface area contributed by atoms with Crippen molar-refractivity contribution in [1.82, 2.24) is 0 Å². The van der Waals surface area contributed by atoms with Gasteiger partial charge in [-0.05, 0) is 11.6 Å². The maximum atomic E-state index is 11.9. The summed E-state index contributed by atoms with van der Waals surface area (Å²) in [6.45, 7) is -0.486. The minimum atomic E-state index is -4.23. The number of hydrogen-bond acceptors (Lipinski definition) is 3. The molecule has 0 spiro atoms. The average molecular weight is 262 g/mol. The lowest BCUT2D eigenvalue weighted by molar-refractivity contribution is -0.146. The fraction of sp³-hybridized carbons (Fsp3) is 0.417. The lowest BCUT2D eigenvalue weighted by atomic mass is 10.1. The Balaban J connectivity index is 2.54. The van der Waals surface area contributed by atoms with Gasteiger partial charge in [0.2, 0.25) is 0 Å². The Morgan fingerprint density at radius 3 is 2.56 bits per heavy atom. The van der Waals surface area contributed by atoms with Gasteiger partial charge < -0.3 is 9.47 Å². The predicted octanol–water partition coefficient (Wildman–Crippen LogP) is 2.94. The molecule has 1 aromatic rings. The number of halogens is 3. The molecule has 0 aliphatic rings. The van der Waals surface area contributed by atoms with Gasteiger partial charge in [0.25, 0.3) is 0 Å². The van der Waals surface area contributed by atoms with Gasteiger partial charge in [-0.3, -0.25) is 0 Å². The Labute approximate surface area is 103 Å². The molecule has 0 atom stereocenters. The molecule has 3 nitrogen and oxygen atoms in total. The van der Waals surface area contributed by atoms with Gasteiger partial charge in [-0.25, -0.2) is 4.79 Å². The van der Waals surface area contributed by atoms with Crippen molar-refractivity contribution in [2.45, 2.75) is 19.2 Å². The van der Waals surface area contributed by atoms with E-state index in [9.17, 15) is 18.0 Å². The van der Waals surface area contributed by atoms with E-state index in [-0.39, 0.29) is 6.61 Å². The number of rotatable bonds is 5. The van der Waals surface area contributed by atoms with Crippen LogP contribution in [0, 0.1) is 0 Å². The van der Waals surface area contributed by atoms with Crippen molar-refractivity contribution in [3.8, 4) is 0 Å². The van der Waals surface area contributed by atoms with E-state index in [1.54, 1.807) is 18.2 Å². The van der Waals surface area contributed by atoms with Crippen molar-refractivity contribution in [3.05, 3.63) is 35.4 Å². The van der Waals surface area contributed by atoms with Crippen LogP contribution in [0.15, 0.2) is 24.3 Å². The normalized spacial score (nSPS) is 11.3. The Morgan fingerprint density at radius 1 is 1.28 bits per heavy atom. The van der Waals surface area contributed by atoms with Crippen LogP contribution in [0.2, 0.25) is 0 Å². The van der Waals surface area contributed by atoms with E-state index in [4.69, 9.17) is 4.74 Å². The molecule has 0 aliphatic carbocycles. The second kappa shape index (κ2) is 6.39. The second-order valence-electron chi connectivity index (χ2n) is 3.57. The van der Waals surface area contributed by atoms with Crippen LogP contribution >= 0.6 is 0 Å². The molecule has 0 aliphatic heterocycles. The summed E-state index contributed by atoms with van der Waals surface area (Å²) in [5, 5.41) is 0. The van der Waals surface area contributed by atoms with Crippen LogP contribution in [0.5, 0.6) is 0 Å². The van der Waals surface area contributed by atoms with Crippen LogP contribution < -0.4 is 0 Å². The molecule has 0 heterocycles. The maximum Gasteiger partial charge on any atom is 0.391 e. The van der Waals surface area contributed by atoms with Gasteiger partial charge in [0.1, 0.15) is 0 Å². The smallest absolute Gasteiger partial charge is 0.391 e. The van der Waals surface area contributed by atoms with Gasteiger partial charge in [0, 0.05) is 0 Å². The molecule has 0 radical (unpaired) electrons. The summed E-state index contributed by atoms with van der Waals surface area (Å²) in [5.74, 6) is -0.537. The topological polar surface area (TPSA) is 35.5 Å². The van der Waals surface area contributed by atoms with E-state index < -0.39 is 25.2 Å². The third-order valence-electron chi connectivity index (χ3n) is 2.21. The summed E-state index contributed by atoms with van der Waals surface area (Å²) in [6, 6.07) is 6.47. The Bertz CT molecular complexity index is 402. The van der Waals surface area contributed by atoms with Crippen molar-refractivity contribution >= 4 is 5.97 Å². The number of methoxy groups -OCH3 is 1. The molecule has 6 heteroatoms. The molecule has 1 aromatic carbocycles. The lowest BCUT2D eigenvalue weighted by Gasteiger charge is -2.09. The minimum absolute atomic E-state index is 0.0542. The third-order valence-corrected chi connectivity index (χ3v) is 2.21. The van der Waals surface area contributed by atoms with Gasteiger partial charge in [0.05, 0.1) is 32.3 Å². The first-order valence-corrected chi connectivity index (χ1v) is 5.25. The zero-order valence-electron chi connectivity index (χ0n) is 9.79. The standard InChI is InChI=1S/C12H13F3O3/c1-17-11(16)10-5-3-2-4-9(10)8-18-7-6-12(13,14)15/h2-5H,6-8H2,1H3. The summed E-state index contributed by atoms with van der Waals surface area (Å²) in [7, 11) is 1.24. The zero-order valence-corrected chi connectivity index (χ0v) is 9.79. The highest BCUT2D eigenvalue weighted by molar-refractivity contribution is 5.90. The highest BCUT2D eigenvalue weighted by Crippen LogP contribution is 2.19. The van der Waals surface area contributed by atoms with Crippen molar-refractivity contribution in [3.63, 3.8) is 0 Å². The monoisotopic (exact) mass is 262 g/mol. The molecule has 0 unspecified atom stereocenters. The minimum Gasteiger partial charge on any atom is -0.465 e. The summed E-state index contributed by atoms with van der Waals surface area (Å²) in [6.07, 6.45) is -5.24. The summed E-state index contributed by atoms with van der Waals surface area (Å²) >= 11 is 0. The van der Waals surface area contributed by atoms with Crippen LogP contribution in [0.3, 0.4) is 0 Å². The first-order chi connectivity index (χ1) is 8.44. The second-order valence-corrected chi connectivity index (χ2v) is 3.57. The number of ether oxygens (including phenoxy) is 2. The lowest BCUT2D eigenvalue weighted by Crippen LogP contribution is -2.12. The van der Waals surface area contributed by atoms with Gasteiger partial charge in [-0.1, -0.05) is 18.2 Å². The van der Waals surface area contributed by atoms with Crippen LogP contribution in [0.1, 0.15) is 22.3 Å².